The second-order valence-electron chi connectivity index (χ2n) is 14.8. The van der Waals surface area contributed by atoms with Gasteiger partial charge in [0.25, 0.3) is 0 Å². The second-order valence-corrected chi connectivity index (χ2v) is 15.2. The normalized spacial score (nSPS) is 20.0. The van der Waals surface area contributed by atoms with Gasteiger partial charge in [-0.05, 0) is 42.3 Å². The van der Waals surface area contributed by atoms with Gasteiger partial charge in [0.05, 0.1) is 41.3 Å². The fourth-order valence-corrected chi connectivity index (χ4v) is 8.57. The minimum absolute atomic E-state index is 0.0589. The molecule has 0 bridgehead atoms. The number of nitriles is 1. The molecule has 2 saturated heterocycles. The molecular formula is C41H46ClFN8O3. The number of aromatic nitrogens is 2. The maximum atomic E-state index is 13.3. The van der Waals surface area contributed by atoms with Gasteiger partial charge < -0.3 is 24.2 Å². The minimum atomic E-state index is -0.419. The number of fused-ring (bicyclic) bond motifs is 2. The molecule has 4 aliphatic rings. The Morgan fingerprint density at radius 2 is 1.74 bits per heavy atom. The molecule has 4 aromatic rings. The van der Waals surface area contributed by atoms with Crippen LogP contribution in [0.4, 0.5) is 20.7 Å². The van der Waals surface area contributed by atoms with Crippen molar-refractivity contribution in [1.29, 1.82) is 5.26 Å². The predicted octanol–water partition coefficient (Wildman–Crippen LogP) is 6.09. The number of hydrogen-bond donors (Lipinski definition) is 0. The molecule has 282 valence electrons. The number of amides is 1. The molecule has 1 atom stereocenters. The molecule has 13 heteroatoms. The highest BCUT2D eigenvalue weighted by Gasteiger charge is 2.49. The average Bonchev–Trinajstić information content (AvgIpc) is 4.00. The van der Waals surface area contributed by atoms with Gasteiger partial charge in [-0.2, -0.15) is 15.2 Å². The summed E-state index contributed by atoms with van der Waals surface area (Å²) in [5.74, 6) is 0.801. The summed E-state index contributed by atoms with van der Waals surface area (Å²) in [6.07, 6.45) is 2.55. The number of piperazine rings is 2. The molecule has 54 heavy (non-hydrogen) atoms. The van der Waals surface area contributed by atoms with Crippen LogP contribution in [0.5, 0.6) is 6.01 Å². The van der Waals surface area contributed by atoms with Gasteiger partial charge in [0.1, 0.15) is 25.7 Å². The first-order valence-electron chi connectivity index (χ1n) is 19.0. The molecular weight excluding hydrogens is 707 g/mol. The van der Waals surface area contributed by atoms with E-state index in [1.807, 2.05) is 42.5 Å². The lowest BCUT2D eigenvalue weighted by molar-refractivity contribution is 0.0539. The number of anilines is 2. The Balaban J connectivity index is 1.05. The standard InChI is InChI=1S/C41H46ClFN8O3/c42-34-10-4-8-31-9-5-11-36(37(31)34)48-18-13-33-35(27-48)45-39(54-29-41(14-15-41)50-23-20-47(19-16-43)21-24-50)46-38(33)49-22-25-51(32(26-49)12-17-44)40(52)53-28-30-6-2-1-3-7-30/h1-11,32H,12-16,18-29H2/t32-/m0/s1. The molecule has 1 aromatic heterocycles. The third-order valence-corrected chi connectivity index (χ3v) is 11.8. The van der Waals surface area contributed by atoms with Crippen LogP contribution in [0.2, 0.25) is 5.02 Å². The Morgan fingerprint density at radius 3 is 2.50 bits per heavy atom. The van der Waals surface area contributed by atoms with E-state index in [0.717, 1.165) is 84.7 Å². The van der Waals surface area contributed by atoms with Crippen LogP contribution in [0.3, 0.4) is 0 Å². The first-order valence-corrected chi connectivity index (χ1v) is 19.4. The molecule has 0 spiro atoms. The fraction of sp³-hybridized carbons (Fsp3) is 0.463. The Kier molecular flexibility index (Phi) is 10.7. The van der Waals surface area contributed by atoms with Crippen LogP contribution in [-0.2, 0) is 24.3 Å². The number of halogens is 2. The molecule has 0 N–H and O–H groups in total. The van der Waals surface area contributed by atoms with Crippen LogP contribution in [-0.4, -0.2) is 115 Å². The van der Waals surface area contributed by atoms with Gasteiger partial charge in [-0.1, -0.05) is 66.2 Å². The van der Waals surface area contributed by atoms with E-state index in [4.69, 9.17) is 31.0 Å². The zero-order valence-corrected chi connectivity index (χ0v) is 31.3. The van der Waals surface area contributed by atoms with Gasteiger partial charge in [-0.25, -0.2) is 9.18 Å². The van der Waals surface area contributed by atoms with E-state index in [2.05, 4.69) is 49.9 Å². The lowest BCUT2D eigenvalue weighted by Gasteiger charge is -2.42. The summed E-state index contributed by atoms with van der Waals surface area (Å²) in [6.45, 7) is 6.98. The first kappa shape index (κ1) is 36.3. The first-order chi connectivity index (χ1) is 26.4. The molecule has 3 aliphatic heterocycles. The highest BCUT2D eigenvalue weighted by molar-refractivity contribution is 6.36. The van der Waals surface area contributed by atoms with Crippen molar-refractivity contribution in [3.8, 4) is 12.1 Å². The number of nitrogens with zero attached hydrogens (tertiary/aromatic N) is 8. The fourth-order valence-electron chi connectivity index (χ4n) is 8.29. The van der Waals surface area contributed by atoms with Gasteiger partial charge in [0.2, 0.25) is 0 Å². The summed E-state index contributed by atoms with van der Waals surface area (Å²) in [4.78, 5) is 34.4. The van der Waals surface area contributed by atoms with Crippen LogP contribution in [0, 0.1) is 11.3 Å². The summed E-state index contributed by atoms with van der Waals surface area (Å²) in [6, 6.07) is 24.1. The Morgan fingerprint density at radius 1 is 0.944 bits per heavy atom. The topological polar surface area (TPSA) is 101 Å². The van der Waals surface area contributed by atoms with Crippen LogP contribution in [0.25, 0.3) is 10.8 Å². The van der Waals surface area contributed by atoms with Gasteiger partial charge in [0, 0.05) is 75.5 Å². The predicted molar refractivity (Wildman–Crippen MR) is 207 cm³/mol. The number of carbonyl (C=O) groups is 1. The maximum absolute atomic E-state index is 13.3. The highest BCUT2D eigenvalue weighted by Crippen LogP contribution is 2.43. The summed E-state index contributed by atoms with van der Waals surface area (Å²) in [7, 11) is 0. The zero-order valence-electron chi connectivity index (χ0n) is 30.5. The average molecular weight is 753 g/mol. The van der Waals surface area contributed by atoms with E-state index in [-0.39, 0.29) is 31.3 Å². The van der Waals surface area contributed by atoms with Crippen molar-refractivity contribution in [2.75, 3.05) is 82.0 Å². The second kappa shape index (κ2) is 16.0. The summed E-state index contributed by atoms with van der Waals surface area (Å²) in [5, 5.41) is 12.6. The molecule has 4 heterocycles. The van der Waals surface area contributed by atoms with Crippen LogP contribution in [0.1, 0.15) is 36.1 Å². The molecule has 11 nitrogen and oxygen atoms in total. The quantitative estimate of drug-likeness (QED) is 0.179. The summed E-state index contributed by atoms with van der Waals surface area (Å²) < 4.78 is 25.2. The molecule has 3 fully saturated rings. The summed E-state index contributed by atoms with van der Waals surface area (Å²) >= 11 is 6.77. The third kappa shape index (κ3) is 7.63. The van der Waals surface area contributed by atoms with Crippen molar-refractivity contribution in [1.82, 2.24) is 24.7 Å². The van der Waals surface area contributed by atoms with E-state index >= 15 is 0 Å². The lowest BCUT2D eigenvalue weighted by atomic mass is 10.0. The molecule has 1 aliphatic carbocycles. The monoisotopic (exact) mass is 752 g/mol. The Hall–Kier alpha value is -4.70. The molecule has 0 radical (unpaired) electrons. The van der Waals surface area contributed by atoms with Crippen molar-refractivity contribution < 1.29 is 18.7 Å². The van der Waals surface area contributed by atoms with Crippen molar-refractivity contribution in [2.45, 2.75) is 50.4 Å². The number of ether oxygens (including phenoxy) is 2. The van der Waals surface area contributed by atoms with E-state index in [1.165, 1.54) is 0 Å². The van der Waals surface area contributed by atoms with E-state index in [9.17, 15) is 14.4 Å². The van der Waals surface area contributed by atoms with Crippen molar-refractivity contribution in [3.63, 3.8) is 0 Å². The lowest BCUT2D eigenvalue weighted by Crippen LogP contribution is -2.56. The number of alkyl halides is 1. The molecule has 1 saturated carbocycles. The Labute approximate surface area is 320 Å². The van der Waals surface area contributed by atoms with Crippen molar-refractivity contribution in [2.24, 2.45) is 0 Å². The van der Waals surface area contributed by atoms with Gasteiger partial charge in [0.15, 0.2) is 0 Å². The maximum Gasteiger partial charge on any atom is 0.410 e. The highest BCUT2D eigenvalue weighted by atomic mass is 35.5. The number of rotatable bonds is 11. The summed E-state index contributed by atoms with van der Waals surface area (Å²) in [5.41, 5.74) is 3.87. The van der Waals surface area contributed by atoms with Gasteiger partial charge in [-0.15, -0.1) is 0 Å². The number of hydrogen-bond acceptors (Lipinski definition) is 10. The van der Waals surface area contributed by atoms with E-state index < -0.39 is 6.09 Å². The third-order valence-electron chi connectivity index (χ3n) is 11.5. The van der Waals surface area contributed by atoms with E-state index in [0.29, 0.717) is 56.8 Å². The van der Waals surface area contributed by atoms with Crippen LogP contribution < -0.4 is 14.5 Å². The number of carbonyl (C=O) groups excluding carboxylic acids is 1. The van der Waals surface area contributed by atoms with Gasteiger partial charge in [-0.3, -0.25) is 9.80 Å². The minimum Gasteiger partial charge on any atom is -0.461 e. The molecule has 0 unspecified atom stereocenters. The SMILES string of the molecule is N#CC[C@H]1CN(c2nc(OCC3(N4CCN(CCF)CC4)CC3)nc3c2CCN(c2cccc4cccc(Cl)c24)C3)CCN1C(=O)OCc1ccccc1. The van der Waals surface area contributed by atoms with E-state index in [1.54, 1.807) is 4.90 Å². The van der Waals surface area contributed by atoms with Crippen molar-refractivity contribution >= 4 is 40.0 Å². The smallest absolute Gasteiger partial charge is 0.410 e. The van der Waals surface area contributed by atoms with Gasteiger partial charge >= 0.3 is 12.1 Å². The van der Waals surface area contributed by atoms with Crippen molar-refractivity contribution in [3.05, 3.63) is 88.6 Å². The Bertz CT molecular complexity index is 2000. The van der Waals surface area contributed by atoms with Crippen LogP contribution >= 0.6 is 11.6 Å². The zero-order chi connectivity index (χ0) is 37.1. The number of benzene rings is 3. The molecule has 1 amide bonds. The van der Waals surface area contributed by atoms with Crippen LogP contribution in [0.15, 0.2) is 66.7 Å². The molecule has 3 aromatic carbocycles. The molecule has 8 rings (SSSR count). The largest absolute Gasteiger partial charge is 0.461 e.